The van der Waals surface area contributed by atoms with Gasteiger partial charge in [0.05, 0.1) is 13.5 Å². The molecule has 0 radical (unpaired) electrons. The quantitative estimate of drug-likeness (QED) is 0.796. The van der Waals surface area contributed by atoms with Crippen LogP contribution in [-0.4, -0.2) is 18.2 Å². The minimum atomic E-state index is -0.261. The largest absolute Gasteiger partial charge is 0.507 e. The average Bonchev–Trinajstić information content (AvgIpc) is 2.25. The van der Waals surface area contributed by atoms with Gasteiger partial charge in [-0.25, -0.2) is 0 Å². The highest BCUT2D eigenvalue weighted by Gasteiger charge is 2.01. The van der Waals surface area contributed by atoms with E-state index in [2.05, 4.69) is 4.74 Å². The molecule has 0 saturated carbocycles. The zero-order chi connectivity index (χ0) is 12.1. The summed E-state index contributed by atoms with van der Waals surface area (Å²) in [5.41, 5.74) is 2.63. The summed E-state index contributed by atoms with van der Waals surface area (Å²) in [5.74, 6) is 0.0635. The van der Waals surface area contributed by atoms with Crippen LogP contribution >= 0.6 is 0 Å². The van der Waals surface area contributed by atoms with Crippen molar-refractivity contribution in [3.8, 4) is 5.75 Å². The maximum Gasteiger partial charge on any atom is 0.309 e. The SMILES string of the molecule is COC(=O)CC=Cc1cc(C)c(O)c(C)c1. The fourth-order valence-electron chi connectivity index (χ4n) is 1.46. The molecule has 1 rings (SSSR count). The van der Waals surface area contributed by atoms with Crippen molar-refractivity contribution in [1.29, 1.82) is 0 Å². The van der Waals surface area contributed by atoms with E-state index >= 15 is 0 Å². The summed E-state index contributed by atoms with van der Waals surface area (Å²) < 4.78 is 4.52. The topological polar surface area (TPSA) is 46.5 Å². The molecule has 3 nitrogen and oxygen atoms in total. The zero-order valence-corrected chi connectivity index (χ0v) is 9.78. The minimum absolute atomic E-state index is 0.259. The van der Waals surface area contributed by atoms with Crippen LogP contribution in [0.25, 0.3) is 6.08 Å². The predicted molar refractivity (Wildman–Crippen MR) is 63.2 cm³/mol. The Balaban J connectivity index is 2.78. The molecule has 0 aliphatic rings. The molecule has 1 N–H and O–H groups in total. The minimum Gasteiger partial charge on any atom is -0.507 e. The first-order valence-corrected chi connectivity index (χ1v) is 5.08. The maximum absolute atomic E-state index is 10.9. The Morgan fingerprint density at radius 1 is 1.38 bits per heavy atom. The van der Waals surface area contributed by atoms with Gasteiger partial charge in [-0.05, 0) is 42.7 Å². The summed E-state index contributed by atoms with van der Waals surface area (Å²) in [6.07, 6.45) is 3.85. The normalized spacial score (nSPS) is 10.7. The standard InChI is InChI=1S/C13H16O3/c1-9-7-11(8-10(2)13(9)15)5-4-6-12(14)16-3/h4-5,7-8,15H,6H2,1-3H3. The molecular weight excluding hydrogens is 204 g/mol. The van der Waals surface area contributed by atoms with E-state index in [0.717, 1.165) is 16.7 Å². The average molecular weight is 220 g/mol. The summed E-state index contributed by atoms with van der Waals surface area (Å²) in [6, 6.07) is 3.74. The van der Waals surface area contributed by atoms with Gasteiger partial charge in [0.2, 0.25) is 0 Å². The first kappa shape index (κ1) is 12.3. The van der Waals surface area contributed by atoms with E-state index in [-0.39, 0.29) is 12.4 Å². The molecule has 86 valence electrons. The molecule has 16 heavy (non-hydrogen) atoms. The molecule has 0 aliphatic carbocycles. The smallest absolute Gasteiger partial charge is 0.309 e. The number of aryl methyl sites for hydroxylation is 2. The third-order valence-electron chi connectivity index (χ3n) is 2.34. The monoisotopic (exact) mass is 220 g/mol. The number of phenols is 1. The van der Waals surface area contributed by atoms with Crippen LogP contribution in [0.2, 0.25) is 0 Å². The molecule has 1 aromatic rings. The van der Waals surface area contributed by atoms with Crippen LogP contribution in [0, 0.1) is 13.8 Å². The summed E-state index contributed by atoms with van der Waals surface area (Å²) >= 11 is 0. The van der Waals surface area contributed by atoms with Gasteiger partial charge < -0.3 is 9.84 Å². The van der Waals surface area contributed by atoms with Crippen LogP contribution < -0.4 is 0 Å². The highest BCUT2D eigenvalue weighted by molar-refractivity contribution is 5.72. The van der Waals surface area contributed by atoms with Gasteiger partial charge in [0.1, 0.15) is 5.75 Å². The number of aromatic hydroxyl groups is 1. The van der Waals surface area contributed by atoms with Crippen molar-refractivity contribution in [3.05, 3.63) is 34.9 Å². The molecular formula is C13H16O3. The number of hydrogen-bond donors (Lipinski definition) is 1. The second-order valence-electron chi connectivity index (χ2n) is 3.69. The molecule has 0 aliphatic heterocycles. The molecule has 3 heteroatoms. The molecule has 0 unspecified atom stereocenters. The van der Waals surface area contributed by atoms with Gasteiger partial charge in [0.15, 0.2) is 0 Å². The van der Waals surface area contributed by atoms with Crippen molar-refractivity contribution < 1.29 is 14.6 Å². The highest BCUT2D eigenvalue weighted by Crippen LogP contribution is 2.23. The molecule has 0 saturated heterocycles. The number of methoxy groups -OCH3 is 1. The van der Waals surface area contributed by atoms with Crippen LogP contribution in [-0.2, 0) is 9.53 Å². The lowest BCUT2D eigenvalue weighted by Gasteiger charge is -2.04. The third-order valence-corrected chi connectivity index (χ3v) is 2.34. The lowest BCUT2D eigenvalue weighted by atomic mass is 10.1. The summed E-state index contributed by atoms with van der Waals surface area (Å²) in [7, 11) is 1.37. The highest BCUT2D eigenvalue weighted by atomic mass is 16.5. The Morgan fingerprint density at radius 2 is 1.94 bits per heavy atom. The van der Waals surface area contributed by atoms with Gasteiger partial charge in [-0.1, -0.05) is 12.2 Å². The zero-order valence-electron chi connectivity index (χ0n) is 9.78. The van der Waals surface area contributed by atoms with E-state index in [1.54, 1.807) is 6.08 Å². The van der Waals surface area contributed by atoms with Gasteiger partial charge >= 0.3 is 5.97 Å². The Bertz CT molecular complexity index is 396. The van der Waals surface area contributed by atoms with Gasteiger partial charge in [-0.3, -0.25) is 4.79 Å². The van der Waals surface area contributed by atoms with Crippen molar-refractivity contribution in [1.82, 2.24) is 0 Å². The van der Waals surface area contributed by atoms with E-state index in [0.29, 0.717) is 5.75 Å². The summed E-state index contributed by atoms with van der Waals surface area (Å²) in [4.78, 5) is 10.9. The van der Waals surface area contributed by atoms with E-state index in [1.165, 1.54) is 7.11 Å². The lowest BCUT2D eigenvalue weighted by molar-refractivity contribution is -0.139. The van der Waals surface area contributed by atoms with Crippen molar-refractivity contribution in [3.63, 3.8) is 0 Å². The number of ether oxygens (including phenoxy) is 1. The van der Waals surface area contributed by atoms with Gasteiger partial charge in [-0.15, -0.1) is 0 Å². The second-order valence-corrected chi connectivity index (χ2v) is 3.69. The first-order chi connectivity index (χ1) is 7.54. The Kier molecular flexibility index (Phi) is 4.11. The van der Waals surface area contributed by atoms with Crippen LogP contribution in [0.4, 0.5) is 0 Å². The first-order valence-electron chi connectivity index (χ1n) is 5.08. The number of rotatable bonds is 3. The number of phenolic OH excluding ortho intramolecular Hbond substituents is 1. The fraction of sp³-hybridized carbons (Fsp3) is 0.308. The third kappa shape index (κ3) is 3.12. The van der Waals surface area contributed by atoms with Crippen LogP contribution in [0.3, 0.4) is 0 Å². The molecule has 0 fully saturated rings. The predicted octanol–water partition coefficient (Wildman–Crippen LogP) is 2.59. The Morgan fingerprint density at radius 3 is 2.44 bits per heavy atom. The van der Waals surface area contributed by atoms with Gasteiger partial charge in [0.25, 0.3) is 0 Å². The Labute approximate surface area is 95.4 Å². The van der Waals surface area contributed by atoms with Gasteiger partial charge in [0, 0.05) is 0 Å². The number of carbonyl (C=O) groups is 1. The van der Waals surface area contributed by atoms with Crippen molar-refractivity contribution >= 4 is 12.0 Å². The molecule has 0 amide bonds. The molecule has 0 aromatic heterocycles. The van der Waals surface area contributed by atoms with Gasteiger partial charge in [-0.2, -0.15) is 0 Å². The number of hydrogen-bond acceptors (Lipinski definition) is 3. The van der Waals surface area contributed by atoms with Crippen LogP contribution in [0.15, 0.2) is 18.2 Å². The van der Waals surface area contributed by atoms with E-state index in [1.807, 2.05) is 32.1 Å². The van der Waals surface area contributed by atoms with Crippen molar-refractivity contribution in [2.24, 2.45) is 0 Å². The van der Waals surface area contributed by atoms with Crippen molar-refractivity contribution in [2.75, 3.05) is 7.11 Å². The van der Waals surface area contributed by atoms with E-state index in [9.17, 15) is 9.90 Å². The molecule has 0 bridgehead atoms. The number of carbonyl (C=O) groups excluding carboxylic acids is 1. The summed E-state index contributed by atoms with van der Waals surface area (Å²) in [5, 5.41) is 9.58. The molecule has 1 aromatic carbocycles. The molecule has 0 spiro atoms. The maximum atomic E-state index is 10.9. The number of benzene rings is 1. The molecule has 0 atom stereocenters. The van der Waals surface area contributed by atoms with E-state index in [4.69, 9.17) is 0 Å². The molecule has 0 heterocycles. The van der Waals surface area contributed by atoms with Crippen LogP contribution in [0.1, 0.15) is 23.1 Å². The van der Waals surface area contributed by atoms with E-state index < -0.39 is 0 Å². The lowest BCUT2D eigenvalue weighted by Crippen LogP contribution is -1.96. The second kappa shape index (κ2) is 5.35. The Hall–Kier alpha value is -1.77. The van der Waals surface area contributed by atoms with Crippen LogP contribution in [0.5, 0.6) is 5.75 Å². The fourth-order valence-corrected chi connectivity index (χ4v) is 1.46. The summed E-state index contributed by atoms with van der Waals surface area (Å²) in [6.45, 7) is 3.69. The van der Waals surface area contributed by atoms with Crippen molar-refractivity contribution in [2.45, 2.75) is 20.3 Å². The number of esters is 1.